The molecule has 0 amide bonds. The van der Waals surface area contributed by atoms with Crippen molar-refractivity contribution in [2.75, 3.05) is 20.0 Å². The number of ether oxygens (including phenoxy) is 2. The van der Waals surface area contributed by atoms with E-state index in [0.29, 0.717) is 29.0 Å². The minimum absolute atomic E-state index is 0.0559. The van der Waals surface area contributed by atoms with E-state index in [1.165, 1.54) is 38.5 Å². The second kappa shape index (κ2) is 7.95. The van der Waals surface area contributed by atoms with Gasteiger partial charge in [0.1, 0.15) is 5.75 Å². The van der Waals surface area contributed by atoms with Crippen molar-refractivity contribution in [3.8, 4) is 11.5 Å². The van der Waals surface area contributed by atoms with E-state index in [9.17, 15) is 14.5 Å². The number of rotatable bonds is 7. The predicted molar refractivity (Wildman–Crippen MR) is 101 cm³/mol. The van der Waals surface area contributed by atoms with Crippen LogP contribution < -0.4 is 15.2 Å². The highest BCUT2D eigenvalue weighted by atomic mass is 19.1. The molecule has 0 unspecified atom stereocenters. The largest absolute Gasteiger partial charge is 0.496 e. The number of hydrogen-bond acceptors (Lipinski definition) is 6. The van der Waals surface area contributed by atoms with Crippen molar-refractivity contribution in [3.63, 3.8) is 0 Å². The molecule has 9 heteroatoms. The topological polar surface area (TPSA) is 116 Å². The summed E-state index contributed by atoms with van der Waals surface area (Å²) >= 11 is 0. The highest BCUT2D eigenvalue weighted by Gasteiger charge is 2.22. The lowest BCUT2D eigenvalue weighted by molar-refractivity contribution is -0.384. The van der Waals surface area contributed by atoms with Crippen LogP contribution in [0.5, 0.6) is 11.5 Å². The van der Waals surface area contributed by atoms with Crippen LogP contribution in [-0.4, -0.2) is 29.1 Å². The van der Waals surface area contributed by atoms with Crippen LogP contribution >= 0.6 is 0 Å². The zero-order chi connectivity index (χ0) is 20.3. The molecule has 1 atom stereocenters. The molecule has 0 fully saturated rings. The van der Waals surface area contributed by atoms with Crippen molar-refractivity contribution in [1.29, 1.82) is 0 Å². The first-order valence-electron chi connectivity index (χ1n) is 8.38. The maximum Gasteiger partial charge on any atom is 0.269 e. The SMILES string of the molecule is COc1ccc([C@H](Cc2cc([N+](=O)[O-])ccc2OC)c2cnc(N)[nH]2)cc1F. The fourth-order valence-corrected chi connectivity index (χ4v) is 3.09. The number of hydrogen-bond donors (Lipinski definition) is 2. The average molecular weight is 386 g/mol. The molecule has 1 heterocycles. The van der Waals surface area contributed by atoms with Crippen molar-refractivity contribution in [1.82, 2.24) is 9.97 Å². The lowest BCUT2D eigenvalue weighted by Gasteiger charge is -2.18. The van der Waals surface area contributed by atoms with Crippen molar-refractivity contribution >= 4 is 11.6 Å². The van der Waals surface area contributed by atoms with E-state index in [2.05, 4.69) is 9.97 Å². The smallest absolute Gasteiger partial charge is 0.269 e. The second-order valence-corrected chi connectivity index (χ2v) is 6.13. The van der Waals surface area contributed by atoms with Gasteiger partial charge in [0.25, 0.3) is 5.69 Å². The van der Waals surface area contributed by atoms with Crippen molar-refractivity contribution < 1.29 is 18.8 Å². The van der Waals surface area contributed by atoms with Crippen molar-refractivity contribution in [2.45, 2.75) is 12.3 Å². The number of benzene rings is 2. The number of nitrogen functional groups attached to an aromatic ring is 1. The van der Waals surface area contributed by atoms with Crippen molar-refractivity contribution in [3.05, 3.63) is 75.3 Å². The zero-order valence-electron chi connectivity index (χ0n) is 15.3. The zero-order valence-corrected chi connectivity index (χ0v) is 15.3. The molecular formula is C19H19FN4O4. The first-order valence-corrected chi connectivity index (χ1v) is 8.38. The molecule has 0 aliphatic heterocycles. The number of anilines is 1. The lowest BCUT2D eigenvalue weighted by atomic mass is 9.89. The number of nitrogens with one attached hydrogen (secondary N) is 1. The molecule has 28 heavy (non-hydrogen) atoms. The number of nitrogens with two attached hydrogens (primary N) is 1. The van der Waals surface area contributed by atoms with E-state index >= 15 is 0 Å². The number of imidazole rings is 1. The van der Waals surface area contributed by atoms with Crippen LogP contribution in [0.4, 0.5) is 16.0 Å². The highest BCUT2D eigenvalue weighted by Crippen LogP contribution is 2.34. The number of non-ortho nitro benzene ring substituents is 1. The fourth-order valence-electron chi connectivity index (χ4n) is 3.09. The monoisotopic (exact) mass is 386 g/mol. The maximum atomic E-state index is 14.3. The number of halogens is 1. The molecule has 0 saturated heterocycles. The molecule has 8 nitrogen and oxygen atoms in total. The van der Waals surface area contributed by atoms with Gasteiger partial charge in [0.2, 0.25) is 0 Å². The van der Waals surface area contributed by atoms with E-state index in [0.717, 1.165) is 0 Å². The Morgan fingerprint density at radius 2 is 1.93 bits per heavy atom. The number of H-pyrrole nitrogens is 1. The minimum atomic E-state index is -0.511. The standard InChI is InChI=1S/C19H19FN4O4/c1-27-17-6-4-13(24(25)26)7-12(17)8-14(16-10-22-19(21)23-16)11-3-5-18(28-2)15(20)9-11/h3-7,9-10,14H,8H2,1-2H3,(H3,21,22,23)/t14-/m0/s1. The number of aromatic nitrogens is 2. The van der Waals surface area contributed by atoms with Gasteiger partial charge in [-0.3, -0.25) is 10.1 Å². The molecule has 2 aromatic carbocycles. The summed E-state index contributed by atoms with van der Waals surface area (Å²) in [5.74, 6) is -0.0544. The summed E-state index contributed by atoms with van der Waals surface area (Å²) in [7, 11) is 2.88. The Kier molecular flexibility index (Phi) is 5.44. The van der Waals surface area contributed by atoms with Gasteiger partial charge in [0.05, 0.1) is 25.3 Å². The summed E-state index contributed by atoms with van der Waals surface area (Å²) < 4.78 is 24.6. The Balaban J connectivity index is 2.07. The number of nitro benzene ring substituents is 1. The molecule has 0 aliphatic rings. The molecule has 0 bridgehead atoms. The van der Waals surface area contributed by atoms with Gasteiger partial charge in [0.15, 0.2) is 17.5 Å². The van der Waals surface area contributed by atoms with Crippen LogP contribution in [0.1, 0.15) is 22.7 Å². The van der Waals surface area contributed by atoms with Gasteiger partial charge >= 0.3 is 0 Å². The van der Waals surface area contributed by atoms with E-state index in [1.54, 1.807) is 18.3 Å². The second-order valence-electron chi connectivity index (χ2n) is 6.13. The first kappa shape index (κ1) is 19.2. The van der Waals surface area contributed by atoms with E-state index in [1.807, 2.05) is 0 Å². The molecule has 1 aromatic heterocycles. The molecular weight excluding hydrogens is 367 g/mol. The van der Waals surface area contributed by atoms with Gasteiger partial charge in [-0.25, -0.2) is 9.37 Å². The summed E-state index contributed by atoms with van der Waals surface area (Å²) in [6, 6.07) is 8.99. The van der Waals surface area contributed by atoms with E-state index < -0.39 is 10.7 Å². The molecule has 0 radical (unpaired) electrons. The summed E-state index contributed by atoms with van der Waals surface area (Å²) in [4.78, 5) is 17.7. The van der Waals surface area contributed by atoms with E-state index in [-0.39, 0.29) is 23.3 Å². The van der Waals surface area contributed by atoms with E-state index in [4.69, 9.17) is 15.2 Å². The van der Waals surface area contributed by atoms with Gasteiger partial charge in [-0.2, -0.15) is 0 Å². The number of aromatic amines is 1. The summed E-state index contributed by atoms with van der Waals surface area (Å²) in [6.45, 7) is 0. The average Bonchev–Trinajstić information content (AvgIpc) is 3.11. The quantitative estimate of drug-likeness (QED) is 0.475. The molecule has 3 rings (SSSR count). The van der Waals surface area contributed by atoms with Gasteiger partial charge < -0.3 is 20.2 Å². The number of nitrogens with zero attached hydrogens (tertiary/aromatic N) is 2. The van der Waals surface area contributed by atoms with Gasteiger partial charge in [-0.15, -0.1) is 0 Å². The lowest BCUT2D eigenvalue weighted by Crippen LogP contribution is -2.08. The van der Waals surface area contributed by atoms with Crippen LogP contribution in [0.2, 0.25) is 0 Å². The predicted octanol–water partition coefficient (Wildman–Crippen LogP) is 3.43. The molecule has 0 spiro atoms. The van der Waals surface area contributed by atoms with Crippen molar-refractivity contribution in [2.24, 2.45) is 0 Å². The summed E-state index contributed by atoms with van der Waals surface area (Å²) in [5.41, 5.74) is 7.54. The van der Waals surface area contributed by atoms with Gasteiger partial charge in [0, 0.05) is 29.3 Å². The first-order chi connectivity index (χ1) is 13.4. The Morgan fingerprint density at radius 1 is 1.21 bits per heavy atom. The normalized spacial score (nSPS) is 11.8. The van der Waals surface area contributed by atoms with Gasteiger partial charge in [-0.1, -0.05) is 6.07 Å². The van der Waals surface area contributed by atoms with Crippen LogP contribution in [-0.2, 0) is 6.42 Å². The summed E-state index contributed by atoms with van der Waals surface area (Å²) in [6.07, 6.45) is 1.87. The highest BCUT2D eigenvalue weighted by molar-refractivity contribution is 5.46. The molecule has 0 aliphatic carbocycles. The number of methoxy groups -OCH3 is 2. The third-order valence-corrected chi connectivity index (χ3v) is 4.47. The maximum absolute atomic E-state index is 14.3. The molecule has 146 valence electrons. The molecule has 0 saturated carbocycles. The van der Waals surface area contributed by atoms with Crippen LogP contribution in [0.25, 0.3) is 0 Å². The Hall–Kier alpha value is -3.62. The third-order valence-electron chi connectivity index (χ3n) is 4.47. The Labute approximate surface area is 160 Å². The minimum Gasteiger partial charge on any atom is -0.496 e. The van der Waals surface area contributed by atoms with Gasteiger partial charge in [-0.05, 0) is 30.2 Å². The fraction of sp³-hybridized carbons (Fsp3) is 0.211. The molecule has 3 N–H and O–H groups in total. The Bertz CT molecular complexity index is 1010. The molecule has 3 aromatic rings. The number of nitro groups is 1. The van der Waals surface area contributed by atoms with Crippen LogP contribution in [0, 0.1) is 15.9 Å². The van der Waals surface area contributed by atoms with Crippen LogP contribution in [0.15, 0.2) is 42.6 Å². The van der Waals surface area contributed by atoms with Crippen LogP contribution in [0.3, 0.4) is 0 Å². The third kappa shape index (κ3) is 3.88. The summed E-state index contributed by atoms with van der Waals surface area (Å²) in [5, 5.41) is 11.2. The Morgan fingerprint density at radius 3 is 2.50 bits per heavy atom.